The maximum atomic E-state index is 13.8. The topological polar surface area (TPSA) is 80.1 Å². The summed E-state index contributed by atoms with van der Waals surface area (Å²) in [6.07, 6.45) is 6.15. The Morgan fingerprint density at radius 2 is 1.50 bits per heavy atom. The first-order valence-corrected chi connectivity index (χ1v) is 11.1. The molecule has 0 bridgehead atoms. The molecule has 0 spiro atoms. The van der Waals surface area contributed by atoms with E-state index in [-0.39, 0.29) is 13.2 Å². The van der Waals surface area contributed by atoms with Crippen molar-refractivity contribution in [3.63, 3.8) is 0 Å². The van der Waals surface area contributed by atoms with Gasteiger partial charge in [0.25, 0.3) is 0 Å². The summed E-state index contributed by atoms with van der Waals surface area (Å²) >= 11 is 0. The van der Waals surface area contributed by atoms with E-state index in [0.717, 1.165) is 5.57 Å². The highest BCUT2D eigenvalue weighted by Gasteiger charge is 2.56. The van der Waals surface area contributed by atoms with E-state index in [2.05, 4.69) is 0 Å². The summed E-state index contributed by atoms with van der Waals surface area (Å²) in [7, 11) is -3.61. The Morgan fingerprint density at radius 1 is 1.04 bits per heavy atom. The highest BCUT2D eigenvalue weighted by atomic mass is 31.2. The predicted octanol–water partition coefficient (Wildman–Crippen LogP) is 4.48. The van der Waals surface area contributed by atoms with E-state index in [1.165, 1.54) is 12.4 Å². The molecule has 0 radical (unpaired) electrons. The van der Waals surface area contributed by atoms with Crippen molar-refractivity contribution in [3.05, 3.63) is 41.1 Å². The number of hydrogen-bond donors (Lipinski definition) is 0. The molecule has 0 atom stereocenters. The van der Waals surface area contributed by atoms with Crippen LogP contribution in [0.25, 0.3) is 0 Å². The summed E-state index contributed by atoms with van der Waals surface area (Å²) in [4.78, 5) is 20.0. The molecule has 1 aliphatic heterocycles. The number of nitrogens with zero attached hydrogens (tertiary/aromatic N) is 2. The molecule has 1 aliphatic rings. The average molecular weight is 414 g/mol. The van der Waals surface area contributed by atoms with Crippen LogP contribution in [0, 0.1) is 10.6 Å². The highest BCUT2D eigenvalue weighted by Crippen LogP contribution is 2.58. The van der Waals surface area contributed by atoms with Crippen LogP contribution in [-0.4, -0.2) is 34.0 Å². The van der Waals surface area contributed by atoms with Crippen LogP contribution in [0.2, 0.25) is 0 Å². The van der Waals surface area contributed by atoms with Crippen LogP contribution in [0.4, 0.5) is 0 Å². The molecule has 0 aromatic carbocycles. The van der Waals surface area contributed by atoms with Crippen molar-refractivity contribution in [1.29, 1.82) is 0 Å². The molecule has 0 aromatic rings. The summed E-state index contributed by atoms with van der Waals surface area (Å²) in [6, 6.07) is 0. The van der Waals surface area contributed by atoms with Crippen LogP contribution in [-0.2, 0) is 13.9 Å². The summed E-state index contributed by atoms with van der Waals surface area (Å²) in [5, 5.41) is 12.0. The van der Waals surface area contributed by atoms with Crippen molar-refractivity contribution in [2.24, 2.45) is 5.41 Å². The molecular weight excluding hydrogens is 379 g/mol. The fourth-order valence-corrected chi connectivity index (χ4v) is 5.04. The van der Waals surface area contributed by atoms with E-state index in [0.29, 0.717) is 16.3 Å². The zero-order valence-corrected chi connectivity index (χ0v) is 19.5. The molecule has 8 heteroatoms. The SMILES string of the molecule is CCO[P+]([O-])(OCC)C(=[N+](OC(C)=C1C=CN([O-])C=C1)C(C)(C)C)C(C)(C)C. The van der Waals surface area contributed by atoms with Gasteiger partial charge in [0.05, 0.1) is 18.6 Å². The van der Waals surface area contributed by atoms with Crippen LogP contribution >= 0.6 is 7.94 Å². The maximum Gasteiger partial charge on any atom is 0.396 e. The number of allylic oxidation sites excluding steroid dienone is 4. The van der Waals surface area contributed by atoms with E-state index in [9.17, 15) is 10.1 Å². The quantitative estimate of drug-likeness (QED) is 0.201. The summed E-state index contributed by atoms with van der Waals surface area (Å²) < 4.78 is 12.9. The van der Waals surface area contributed by atoms with Gasteiger partial charge in [-0.1, -0.05) is 0 Å². The van der Waals surface area contributed by atoms with Gasteiger partial charge in [-0.15, -0.1) is 0 Å². The smallest absolute Gasteiger partial charge is 0.396 e. The Kier molecular flexibility index (Phi) is 8.42. The molecule has 28 heavy (non-hydrogen) atoms. The first kappa shape index (κ1) is 24.8. The maximum absolute atomic E-state index is 13.8. The second-order valence-corrected chi connectivity index (χ2v) is 10.4. The summed E-state index contributed by atoms with van der Waals surface area (Å²) in [5.74, 6) is 0.567. The Hall–Kier alpha value is -1.24. The van der Waals surface area contributed by atoms with Crippen molar-refractivity contribution in [1.82, 2.24) is 5.06 Å². The molecule has 1 heterocycles. The van der Waals surface area contributed by atoms with E-state index in [4.69, 9.17) is 13.9 Å². The van der Waals surface area contributed by atoms with Gasteiger partial charge in [0, 0.05) is 38.0 Å². The van der Waals surface area contributed by atoms with Crippen molar-refractivity contribution in [3.8, 4) is 0 Å². The molecule has 0 fully saturated rings. The molecule has 0 saturated carbocycles. The van der Waals surface area contributed by atoms with Gasteiger partial charge in [-0.3, -0.25) is 0 Å². The minimum absolute atomic E-state index is 0.250. The fraction of sp³-hybridized carbons (Fsp3) is 0.650. The van der Waals surface area contributed by atoms with E-state index < -0.39 is 18.9 Å². The normalized spacial score (nSPS) is 16.4. The third kappa shape index (κ3) is 6.39. The van der Waals surface area contributed by atoms with Gasteiger partial charge in [-0.2, -0.15) is 9.05 Å². The zero-order valence-electron chi connectivity index (χ0n) is 18.6. The minimum atomic E-state index is -3.61. The van der Waals surface area contributed by atoms with Gasteiger partial charge < -0.3 is 15.2 Å². The van der Waals surface area contributed by atoms with E-state index in [1.807, 2.05) is 41.5 Å². The Balaban J connectivity index is 3.66. The number of rotatable bonds is 7. The predicted molar refractivity (Wildman–Crippen MR) is 112 cm³/mol. The van der Waals surface area contributed by atoms with Gasteiger partial charge in [0.2, 0.25) is 5.54 Å². The van der Waals surface area contributed by atoms with Crippen molar-refractivity contribution in [2.75, 3.05) is 13.2 Å². The molecule has 0 aliphatic carbocycles. The lowest BCUT2D eigenvalue weighted by atomic mass is 9.97. The van der Waals surface area contributed by atoms with Crippen molar-refractivity contribution in [2.45, 2.75) is 67.9 Å². The van der Waals surface area contributed by atoms with Crippen molar-refractivity contribution >= 4 is 13.4 Å². The molecule has 0 amide bonds. The van der Waals surface area contributed by atoms with E-state index in [1.54, 1.807) is 37.7 Å². The van der Waals surface area contributed by atoms with Crippen LogP contribution in [0.15, 0.2) is 35.9 Å². The molecule has 0 unspecified atom stereocenters. The molecule has 160 valence electrons. The minimum Gasteiger partial charge on any atom is -0.755 e. The molecular formula is C20H35N2O5P. The zero-order chi connectivity index (χ0) is 21.8. The third-order valence-electron chi connectivity index (χ3n) is 3.77. The second kappa shape index (κ2) is 9.51. The van der Waals surface area contributed by atoms with Crippen LogP contribution < -0.4 is 4.89 Å². The van der Waals surface area contributed by atoms with E-state index >= 15 is 0 Å². The van der Waals surface area contributed by atoms with Gasteiger partial charge in [0.1, 0.15) is 0 Å². The van der Waals surface area contributed by atoms with Crippen LogP contribution in [0.3, 0.4) is 0 Å². The molecule has 1 rings (SSSR count). The monoisotopic (exact) mass is 414 g/mol. The fourth-order valence-electron chi connectivity index (χ4n) is 2.66. The van der Waals surface area contributed by atoms with Crippen LogP contribution in [0.5, 0.6) is 0 Å². The lowest BCUT2D eigenvalue weighted by Gasteiger charge is -2.32. The third-order valence-corrected chi connectivity index (χ3v) is 6.33. The average Bonchev–Trinajstić information content (AvgIpc) is 2.53. The molecule has 0 aromatic heterocycles. The molecule has 0 N–H and O–H groups in total. The lowest BCUT2D eigenvalue weighted by Crippen LogP contribution is -2.46. The number of hydrogen-bond acceptors (Lipinski definition) is 6. The second-order valence-electron chi connectivity index (χ2n) is 8.47. The standard InChI is InChI=1S/C20H35N2O5P/c1-10-25-28(24,26-11-2)18(19(4,5)6)22(20(7,8)9)27-16(3)17-12-14-21(23)15-13-17/h12-15H,10-11H2,1-9H3. The van der Waals surface area contributed by atoms with Crippen molar-refractivity contribution < 1.29 is 23.5 Å². The van der Waals surface area contributed by atoms with Gasteiger partial charge >= 0.3 is 13.4 Å². The highest BCUT2D eigenvalue weighted by molar-refractivity contribution is 7.76. The van der Waals surface area contributed by atoms with Gasteiger partial charge in [-0.25, -0.2) is 4.84 Å². The molecule has 7 nitrogen and oxygen atoms in total. The van der Waals surface area contributed by atoms with Gasteiger partial charge in [0.15, 0.2) is 5.76 Å². The number of hydroxylamine groups is 3. The lowest BCUT2D eigenvalue weighted by molar-refractivity contribution is -0.819. The Labute approximate surface area is 170 Å². The first-order valence-electron chi connectivity index (χ1n) is 9.54. The van der Waals surface area contributed by atoms with Crippen LogP contribution in [0.1, 0.15) is 62.3 Å². The largest absolute Gasteiger partial charge is 0.755 e. The molecule has 0 saturated heterocycles. The Bertz CT molecular complexity index is 647. The summed E-state index contributed by atoms with van der Waals surface area (Å²) in [5.41, 5.74) is 0.103. The summed E-state index contributed by atoms with van der Waals surface area (Å²) in [6.45, 7) is 17.6. The first-order chi connectivity index (χ1) is 12.8. The Morgan fingerprint density at radius 3 is 1.86 bits per heavy atom. The van der Waals surface area contributed by atoms with Gasteiger partial charge in [-0.05, 0) is 59.2 Å².